The Bertz CT molecular complexity index is 440. The van der Waals surface area contributed by atoms with Gasteiger partial charge >= 0.3 is 0 Å². The fourth-order valence-electron chi connectivity index (χ4n) is 1.72. The van der Waals surface area contributed by atoms with E-state index in [4.69, 9.17) is 0 Å². The lowest BCUT2D eigenvalue weighted by molar-refractivity contribution is -0.386. The molecule has 0 amide bonds. The van der Waals surface area contributed by atoms with Crippen LogP contribution in [0.4, 0.5) is 10.1 Å². The van der Waals surface area contributed by atoms with Gasteiger partial charge < -0.3 is 4.79 Å². The van der Waals surface area contributed by atoms with Gasteiger partial charge in [-0.15, -0.1) is 0 Å². The summed E-state index contributed by atoms with van der Waals surface area (Å²) in [7, 11) is 0. The molecule has 0 spiro atoms. The molecule has 4 nitrogen and oxygen atoms in total. The van der Waals surface area contributed by atoms with Gasteiger partial charge in [-0.1, -0.05) is 6.07 Å². The van der Waals surface area contributed by atoms with E-state index in [0.29, 0.717) is 19.1 Å². The first-order valence-corrected chi connectivity index (χ1v) is 4.50. The molecule has 1 aliphatic carbocycles. The first-order valence-electron chi connectivity index (χ1n) is 4.50. The highest BCUT2D eigenvalue weighted by atomic mass is 19.1. The van der Waals surface area contributed by atoms with Crippen LogP contribution in [0.3, 0.4) is 0 Å². The van der Waals surface area contributed by atoms with Crippen LogP contribution in [0.25, 0.3) is 0 Å². The van der Waals surface area contributed by atoms with E-state index < -0.39 is 16.2 Å². The summed E-state index contributed by atoms with van der Waals surface area (Å²) in [6, 6.07) is 3.64. The third-order valence-electron chi connectivity index (χ3n) is 2.70. The highest BCUT2D eigenvalue weighted by molar-refractivity contribution is 5.76. The first-order chi connectivity index (χ1) is 7.10. The monoisotopic (exact) mass is 209 g/mol. The lowest BCUT2D eigenvalue weighted by atomic mass is 9.95. The third-order valence-corrected chi connectivity index (χ3v) is 2.70. The van der Waals surface area contributed by atoms with Gasteiger partial charge in [-0.3, -0.25) is 10.1 Å². The quantitative estimate of drug-likeness (QED) is 0.434. The number of hydrogen-bond donors (Lipinski definition) is 0. The average molecular weight is 209 g/mol. The Morgan fingerprint density at radius 2 is 2.13 bits per heavy atom. The second kappa shape index (κ2) is 3.12. The van der Waals surface area contributed by atoms with Gasteiger partial charge in [-0.25, -0.2) is 4.39 Å². The number of benzene rings is 1. The molecule has 0 aromatic heterocycles. The minimum atomic E-state index is -0.951. The van der Waals surface area contributed by atoms with Gasteiger partial charge in [0.1, 0.15) is 12.1 Å². The lowest BCUT2D eigenvalue weighted by Gasteiger charge is -2.08. The van der Waals surface area contributed by atoms with E-state index in [1.165, 1.54) is 12.1 Å². The van der Waals surface area contributed by atoms with E-state index in [0.717, 1.165) is 6.07 Å². The fraction of sp³-hybridized carbons (Fsp3) is 0.300. The molecule has 0 bridgehead atoms. The maximum atomic E-state index is 13.5. The highest BCUT2D eigenvalue weighted by Crippen LogP contribution is 2.50. The zero-order valence-corrected chi connectivity index (χ0v) is 7.77. The molecule has 1 saturated carbocycles. The normalized spacial score (nSPS) is 17.1. The molecule has 1 aliphatic rings. The molecule has 0 radical (unpaired) electrons. The molecule has 0 unspecified atom stereocenters. The zero-order valence-electron chi connectivity index (χ0n) is 7.77. The molecule has 0 heterocycles. The standard InChI is InChI=1S/C10H8FNO3/c11-7-2-1-3-8(12(14)15)9(7)10(6-13)4-5-10/h1-3,6H,4-5H2. The highest BCUT2D eigenvalue weighted by Gasteiger charge is 2.50. The van der Waals surface area contributed by atoms with Crippen LogP contribution in [-0.4, -0.2) is 11.2 Å². The van der Waals surface area contributed by atoms with Crippen molar-refractivity contribution >= 4 is 12.0 Å². The number of carbonyl (C=O) groups is 1. The van der Waals surface area contributed by atoms with Crippen LogP contribution in [0.5, 0.6) is 0 Å². The van der Waals surface area contributed by atoms with E-state index >= 15 is 0 Å². The lowest BCUT2D eigenvalue weighted by Crippen LogP contribution is -2.13. The largest absolute Gasteiger partial charge is 0.302 e. The van der Waals surface area contributed by atoms with Gasteiger partial charge in [0, 0.05) is 6.07 Å². The molecule has 0 atom stereocenters. The van der Waals surface area contributed by atoms with Crippen molar-refractivity contribution in [1.29, 1.82) is 0 Å². The van der Waals surface area contributed by atoms with Crippen molar-refractivity contribution in [3.05, 3.63) is 39.7 Å². The third kappa shape index (κ3) is 1.40. The number of carbonyl (C=O) groups excluding carboxylic acids is 1. The summed E-state index contributed by atoms with van der Waals surface area (Å²) < 4.78 is 13.5. The zero-order chi connectivity index (χ0) is 11.1. The number of rotatable bonds is 3. The van der Waals surface area contributed by atoms with E-state index in [2.05, 4.69) is 0 Å². The summed E-state index contributed by atoms with van der Waals surface area (Å²) in [4.78, 5) is 20.9. The summed E-state index contributed by atoms with van der Waals surface area (Å²) in [5.74, 6) is -0.672. The minimum absolute atomic E-state index is 0.0648. The molecule has 5 heteroatoms. The van der Waals surface area contributed by atoms with Gasteiger partial charge in [-0.2, -0.15) is 0 Å². The van der Waals surface area contributed by atoms with Crippen molar-refractivity contribution in [3.8, 4) is 0 Å². The summed E-state index contributed by atoms with van der Waals surface area (Å²) in [6.07, 6.45) is 1.58. The van der Waals surface area contributed by atoms with Crippen molar-refractivity contribution in [1.82, 2.24) is 0 Å². The topological polar surface area (TPSA) is 60.2 Å². The van der Waals surface area contributed by atoms with Crippen LogP contribution in [0, 0.1) is 15.9 Å². The predicted molar refractivity (Wildman–Crippen MR) is 50.0 cm³/mol. The summed E-state index contributed by atoms with van der Waals surface area (Å²) in [6.45, 7) is 0. The maximum Gasteiger partial charge on any atom is 0.276 e. The van der Waals surface area contributed by atoms with Crippen LogP contribution in [0.1, 0.15) is 18.4 Å². The smallest absolute Gasteiger partial charge is 0.276 e. The molecular formula is C10H8FNO3. The van der Waals surface area contributed by atoms with E-state index in [1.807, 2.05) is 0 Å². The minimum Gasteiger partial charge on any atom is -0.302 e. The van der Waals surface area contributed by atoms with Crippen molar-refractivity contribution in [2.24, 2.45) is 0 Å². The summed E-state index contributed by atoms with van der Waals surface area (Å²) in [5, 5.41) is 10.7. The molecule has 0 aliphatic heterocycles. The number of nitro groups is 1. The molecular weight excluding hydrogens is 201 g/mol. The van der Waals surface area contributed by atoms with Gasteiger partial charge in [0.15, 0.2) is 0 Å². The first kappa shape index (κ1) is 9.76. The Labute approximate surface area is 84.9 Å². The fourth-order valence-corrected chi connectivity index (χ4v) is 1.72. The Hall–Kier alpha value is -1.78. The van der Waals surface area contributed by atoms with Gasteiger partial charge in [0.05, 0.1) is 15.9 Å². The second-order valence-electron chi connectivity index (χ2n) is 3.67. The molecule has 1 aromatic rings. The molecule has 2 rings (SSSR count). The second-order valence-corrected chi connectivity index (χ2v) is 3.67. The van der Waals surface area contributed by atoms with Crippen LogP contribution in [0.15, 0.2) is 18.2 Å². The number of nitro benzene ring substituents is 1. The number of nitrogens with zero attached hydrogens (tertiary/aromatic N) is 1. The van der Waals surface area contributed by atoms with E-state index in [9.17, 15) is 19.3 Å². The van der Waals surface area contributed by atoms with Gasteiger partial charge in [0.25, 0.3) is 5.69 Å². The van der Waals surface area contributed by atoms with Crippen LogP contribution in [0.2, 0.25) is 0 Å². The Balaban J connectivity index is 2.63. The van der Waals surface area contributed by atoms with Crippen LogP contribution < -0.4 is 0 Å². The van der Waals surface area contributed by atoms with Crippen molar-refractivity contribution in [3.63, 3.8) is 0 Å². The molecule has 1 fully saturated rings. The molecule has 1 aromatic carbocycles. The van der Waals surface area contributed by atoms with Crippen molar-refractivity contribution in [2.45, 2.75) is 18.3 Å². The molecule has 0 N–H and O–H groups in total. The van der Waals surface area contributed by atoms with Gasteiger partial charge in [0.2, 0.25) is 0 Å². The van der Waals surface area contributed by atoms with Crippen LogP contribution >= 0.6 is 0 Å². The van der Waals surface area contributed by atoms with Gasteiger partial charge in [-0.05, 0) is 18.9 Å². The average Bonchev–Trinajstić information content (AvgIpc) is 2.98. The predicted octanol–water partition coefficient (Wildman–Crippen LogP) is 1.96. The maximum absolute atomic E-state index is 13.5. The van der Waals surface area contributed by atoms with Crippen molar-refractivity contribution in [2.75, 3.05) is 0 Å². The summed E-state index contributed by atoms with van der Waals surface area (Å²) >= 11 is 0. The van der Waals surface area contributed by atoms with E-state index in [1.54, 1.807) is 0 Å². The number of aldehydes is 1. The van der Waals surface area contributed by atoms with E-state index in [-0.39, 0.29) is 11.3 Å². The van der Waals surface area contributed by atoms with Crippen molar-refractivity contribution < 1.29 is 14.1 Å². The number of halogens is 1. The Morgan fingerprint density at radius 3 is 2.60 bits per heavy atom. The van der Waals surface area contributed by atoms with Crippen LogP contribution in [-0.2, 0) is 10.2 Å². The number of hydrogen-bond acceptors (Lipinski definition) is 3. The SMILES string of the molecule is O=CC1(c2c(F)cccc2[N+](=O)[O-])CC1. The molecule has 0 saturated heterocycles. The molecule has 78 valence electrons. The summed E-state index contributed by atoms with van der Waals surface area (Å²) in [5.41, 5.74) is -1.32. The molecule has 15 heavy (non-hydrogen) atoms. The Morgan fingerprint density at radius 1 is 1.47 bits per heavy atom. The Kier molecular flexibility index (Phi) is 2.03.